The van der Waals surface area contributed by atoms with Crippen LogP contribution in [0.5, 0.6) is 0 Å². The molecule has 3 aromatic rings. The first kappa shape index (κ1) is 17.9. The van der Waals surface area contributed by atoms with Crippen molar-refractivity contribution in [2.24, 2.45) is 0 Å². The highest BCUT2D eigenvalue weighted by Crippen LogP contribution is 2.34. The molecule has 0 saturated carbocycles. The summed E-state index contributed by atoms with van der Waals surface area (Å²) in [7, 11) is 0. The van der Waals surface area contributed by atoms with Crippen LogP contribution >= 0.6 is 34.8 Å². The molecule has 0 spiro atoms. The Kier molecular flexibility index (Phi) is 4.86. The van der Waals surface area contributed by atoms with Gasteiger partial charge < -0.3 is 0 Å². The van der Waals surface area contributed by atoms with E-state index >= 15 is 0 Å². The third kappa shape index (κ3) is 4.03. The van der Waals surface area contributed by atoms with Gasteiger partial charge in [0, 0.05) is 17.3 Å². The smallest absolute Gasteiger partial charge is 0.245 e. The van der Waals surface area contributed by atoms with E-state index in [4.69, 9.17) is 34.8 Å². The van der Waals surface area contributed by atoms with Crippen LogP contribution in [0.3, 0.4) is 0 Å². The molecule has 3 nitrogen and oxygen atoms in total. The lowest BCUT2D eigenvalue weighted by Crippen LogP contribution is -2.10. The lowest BCUT2D eigenvalue weighted by Gasteiger charge is -2.11. The summed E-state index contributed by atoms with van der Waals surface area (Å²) < 4.78 is 39.7. The number of aromatic nitrogens is 3. The van der Waals surface area contributed by atoms with Crippen molar-refractivity contribution in [1.82, 2.24) is 15.0 Å². The zero-order valence-electron chi connectivity index (χ0n) is 12.2. The van der Waals surface area contributed by atoms with Crippen LogP contribution in [-0.2, 0) is 6.18 Å². The molecule has 0 unspecified atom stereocenters. The Bertz CT molecular complexity index is 945. The summed E-state index contributed by atoms with van der Waals surface area (Å²) in [5.74, 6) is -0.125. The molecular weight excluding hydrogens is 398 g/mol. The van der Waals surface area contributed by atoms with E-state index in [2.05, 4.69) is 15.0 Å². The fourth-order valence-electron chi connectivity index (χ4n) is 2.07. The first-order valence-electron chi connectivity index (χ1n) is 6.77. The summed E-state index contributed by atoms with van der Waals surface area (Å²) in [6.45, 7) is 0. The Labute approximate surface area is 155 Å². The van der Waals surface area contributed by atoms with Crippen LogP contribution in [0.2, 0.25) is 15.2 Å². The standard InChI is InChI=1S/C16H7Cl3F3N3/c17-10-2-1-8(5-11(10)18)12-7-13(16(20,21)22)25-15(24-12)9-3-4-23-14(19)6-9/h1-7H. The van der Waals surface area contributed by atoms with E-state index in [1.165, 1.54) is 36.5 Å². The van der Waals surface area contributed by atoms with Crippen molar-refractivity contribution in [3.63, 3.8) is 0 Å². The lowest BCUT2D eigenvalue weighted by molar-refractivity contribution is -0.141. The van der Waals surface area contributed by atoms with Gasteiger partial charge in [-0.15, -0.1) is 0 Å². The normalized spacial score (nSPS) is 11.6. The molecule has 0 fully saturated rings. The molecule has 0 atom stereocenters. The van der Waals surface area contributed by atoms with Gasteiger partial charge in [0.2, 0.25) is 0 Å². The summed E-state index contributed by atoms with van der Waals surface area (Å²) in [6, 6.07) is 8.16. The molecule has 0 N–H and O–H groups in total. The number of alkyl halides is 3. The minimum absolute atomic E-state index is 0.0591. The van der Waals surface area contributed by atoms with Crippen molar-refractivity contribution in [3.05, 3.63) is 63.5 Å². The van der Waals surface area contributed by atoms with Crippen molar-refractivity contribution in [3.8, 4) is 22.6 Å². The van der Waals surface area contributed by atoms with Crippen LogP contribution in [0.25, 0.3) is 22.6 Å². The maximum absolute atomic E-state index is 13.2. The van der Waals surface area contributed by atoms with Crippen molar-refractivity contribution in [2.75, 3.05) is 0 Å². The third-order valence-corrected chi connectivity index (χ3v) is 4.16. The van der Waals surface area contributed by atoms with Crippen LogP contribution in [0.1, 0.15) is 5.69 Å². The third-order valence-electron chi connectivity index (χ3n) is 3.22. The maximum Gasteiger partial charge on any atom is 0.433 e. The second-order valence-corrected chi connectivity index (χ2v) is 6.16. The van der Waals surface area contributed by atoms with Gasteiger partial charge in [-0.1, -0.05) is 40.9 Å². The van der Waals surface area contributed by atoms with Crippen molar-refractivity contribution in [1.29, 1.82) is 0 Å². The Morgan fingerprint density at radius 3 is 2.20 bits per heavy atom. The van der Waals surface area contributed by atoms with Gasteiger partial charge in [-0.25, -0.2) is 15.0 Å². The Balaban J connectivity index is 2.21. The molecule has 9 heteroatoms. The van der Waals surface area contributed by atoms with Crippen molar-refractivity contribution in [2.45, 2.75) is 6.18 Å². The molecule has 0 aliphatic carbocycles. The summed E-state index contributed by atoms with van der Waals surface area (Å²) >= 11 is 17.6. The van der Waals surface area contributed by atoms with E-state index in [0.717, 1.165) is 6.07 Å². The van der Waals surface area contributed by atoms with Gasteiger partial charge >= 0.3 is 6.18 Å². The lowest BCUT2D eigenvalue weighted by atomic mass is 10.1. The predicted molar refractivity (Wildman–Crippen MR) is 90.7 cm³/mol. The fourth-order valence-corrected chi connectivity index (χ4v) is 2.54. The second kappa shape index (κ2) is 6.78. The first-order chi connectivity index (χ1) is 11.7. The van der Waals surface area contributed by atoms with Gasteiger partial charge in [0.1, 0.15) is 10.8 Å². The molecule has 3 rings (SSSR count). The fraction of sp³-hybridized carbons (Fsp3) is 0.0625. The number of hydrogen-bond acceptors (Lipinski definition) is 3. The Morgan fingerprint density at radius 2 is 1.56 bits per heavy atom. The molecule has 0 aliphatic heterocycles. The number of hydrogen-bond donors (Lipinski definition) is 0. The Hall–Kier alpha value is -1.89. The van der Waals surface area contributed by atoms with Crippen molar-refractivity contribution < 1.29 is 13.2 Å². The van der Waals surface area contributed by atoms with E-state index in [9.17, 15) is 13.2 Å². The zero-order chi connectivity index (χ0) is 18.2. The molecule has 0 aliphatic rings. The molecule has 2 aromatic heterocycles. The molecule has 0 radical (unpaired) electrons. The van der Waals surface area contributed by atoms with E-state index in [1.807, 2.05) is 0 Å². The molecular formula is C16H7Cl3F3N3. The molecule has 128 valence electrons. The van der Waals surface area contributed by atoms with E-state index in [0.29, 0.717) is 11.1 Å². The van der Waals surface area contributed by atoms with Crippen LogP contribution in [-0.4, -0.2) is 15.0 Å². The predicted octanol–water partition coefficient (Wildman–Crippen LogP) is 6.18. The van der Waals surface area contributed by atoms with Gasteiger partial charge in [0.15, 0.2) is 5.82 Å². The number of nitrogens with zero attached hydrogens (tertiary/aromatic N) is 3. The summed E-state index contributed by atoms with van der Waals surface area (Å²) in [5, 5.41) is 0.617. The van der Waals surface area contributed by atoms with E-state index in [1.54, 1.807) is 0 Å². The number of pyridine rings is 1. The van der Waals surface area contributed by atoms with Crippen LogP contribution in [0, 0.1) is 0 Å². The van der Waals surface area contributed by atoms with Gasteiger partial charge in [-0.05, 0) is 30.3 Å². The molecule has 2 heterocycles. The monoisotopic (exact) mass is 403 g/mol. The van der Waals surface area contributed by atoms with Crippen molar-refractivity contribution >= 4 is 34.8 Å². The largest absolute Gasteiger partial charge is 0.433 e. The van der Waals surface area contributed by atoms with E-state index < -0.39 is 11.9 Å². The van der Waals surface area contributed by atoms with E-state index in [-0.39, 0.29) is 26.7 Å². The molecule has 0 bridgehead atoms. The topological polar surface area (TPSA) is 38.7 Å². The van der Waals surface area contributed by atoms with Crippen LogP contribution in [0.15, 0.2) is 42.6 Å². The maximum atomic E-state index is 13.2. The summed E-state index contributed by atoms with van der Waals surface area (Å²) in [4.78, 5) is 11.6. The van der Waals surface area contributed by atoms with Gasteiger partial charge in [0.25, 0.3) is 0 Å². The van der Waals surface area contributed by atoms with Gasteiger partial charge in [-0.3, -0.25) is 0 Å². The Morgan fingerprint density at radius 1 is 0.800 bits per heavy atom. The molecule has 25 heavy (non-hydrogen) atoms. The number of rotatable bonds is 2. The highest BCUT2D eigenvalue weighted by atomic mass is 35.5. The first-order valence-corrected chi connectivity index (χ1v) is 7.91. The minimum atomic E-state index is -4.64. The number of benzene rings is 1. The molecule has 0 amide bonds. The summed E-state index contributed by atoms with van der Waals surface area (Å²) in [5.41, 5.74) is -0.327. The highest BCUT2D eigenvalue weighted by molar-refractivity contribution is 6.42. The quantitative estimate of drug-likeness (QED) is 0.478. The molecule has 1 aromatic carbocycles. The highest BCUT2D eigenvalue weighted by Gasteiger charge is 2.34. The zero-order valence-corrected chi connectivity index (χ0v) is 14.4. The SMILES string of the molecule is FC(F)(F)c1cc(-c2ccc(Cl)c(Cl)c2)nc(-c2ccnc(Cl)c2)n1. The average Bonchev–Trinajstić information content (AvgIpc) is 2.56. The summed E-state index contributed by atoms with van der Waals surface area (Å²) in [6.07, 6.45) is -3.28. The second-order valence-electron chi connectivity index (χ2n) is 4.96. The van der Waals surface area contributed by atoms with Gasteiger partial charge in [0.05, 0.1) is 15.7 Å². The van der Waals surface area contributed by atoms with Gasteiger partial charge in [-0.2, -0.15) is 13.2 Å². The minimum Gasteiger partial charge on any atom is -0.245 e. The van der Waals surface area contributed by atoms with Crippen LogP contribution in [0.4, 0.5) is 13.2 Å². The van der Waals surface area contributed by atoms with Crippen LogP contribution < -0.4 is 0 Å². The average molecular weight is 405 g/mol. The molecule has 0 saturated heterocycles. The number of halogens is 6.